The molecule has 0 amide bonds. The van der Waals surface area contributed by atoms with Crippen LogP contribution in [0.4, 0.5) is 24.0 Å². The quantitative estimate of drug-likeness (QED) is 0.561. The highest BCUT2D eigenvalue weighted by molar-refractivity contribution is 7.16. The lowest BCUT2D eigenvalue weighted by atomic mass is 10.0. The number of aromatic nitrogens is 1. The Morgan fingerprint density at radius 3 is 2.61 bits per heavy atom. The van der Waals surface area contributed by atoms with Crippen LogP contribution in [0.5, 0.6) is 0 Å². The first-order valence-corrected chi connectivity index (χ1v) is 9.18. The van der Waals surface area contributed by atoms with Gasteiger partial charge in [-0.3, -0.25) is 4.79 Å². The number of anilines is 2. The van der Waals surface area contributed by atoms with Gasteiger partial charge in [0.15, 0.2) is 5.13 Å². The summed E-state index contributed by atoms with van der Waals surface area (Å²) in [5.41, 5.74) is 2.75. The second-order valence-electron chi connectivity index (χ2n) is 6.38. The van der Waals surface area contributed by atoms with Gasteiger partial charge in [-0.2, -0.15) is 13.2 Å². The fourth-order valence-electron chi connectivity index (χ4n) is 2.76. The highest BCUT2D eigenvalue weighted by Crippen LogP contribution is 2.36. The molecule has 2 N–H and O–H groups in total. The average Bonchev–Trinajstić information content (AvgIpc) is 2.98. The predicted molar refractivity (Wildman–Crippen MR) is 103 cm³/mol. The molecular formula is C20H17F3N2O2S. The normalized spacial score (nSPS) is 11.5. The molecule has 28 heavy (non-hydrogen) atoms. The molecule has 1 heterocycles. The third-order valence-corrected chi connectivity index (χ3v) is 5.07. The van der Waals surface area contributed by atoms with Crippen molar-refractivity contribution in [2.24, 2.45) is 0 Å². The zero-order valence-corrected chi connectivity index (χ0v) is 15.9. The number of nitrogens with one attached hydrogen (secondary N) is 1. The number of hydrogen-bond acceptors (Lipinski definition) is 4. The van der Waals surface area contributed by atoms with Crippen LogP contribution in [0.25, 0.3) is 11.3 Å². The number of thiazole rings is 1. The number of carboxylic acid groups (broad SMARTS) is 1. The smallest absolute Gasteiger partial charge is 0.416 e. The van der Waals surface area contributed by atoms with E-state index in [0.717, 1.165) is 40.2 Å². The maximum atomic E-state index is 12.9. The number of carbonyl (C=O) groups is 1. The molecular weight excluding hydrogens is 389 g/mol. The largest absolute Gasteiger partial charge is 0.481 e. The van der Waals surface area contributed by atoms with Crippen molar-refractivity contribution in [1.82, 2.24) is 4.98 Å². The molecule has 0 aliphatic heterocycles. The fourth-order valence-corrected chi connectivity index (χ4v) is 3.75. The van der Waals surface area contributed by atoms with E-state index in [9.17, 15) is 23.1 Å². The molecule has 4 nitrogen and oxygen atoms in total. The molecule has 0 spiro atoms. The van der Waals surface area contributed by atoms with Crippen LogP contribution in [0, 0.1) is 13.8 Å². The molecule has 0 saturated carbocycles. The van der Waals surface area contributed by atoms with Crippen LogP contribution in [0.15, 0.2) is 42.5 Å². The lowest BCUT2D eigenvalue weighted by Gasteiger charge is -2.09. The first kappa shape index (κ1) is 19.9. The van der Waals surface area contributed by atoms with E-state index in [1.54, 1.807) is 0 Å². The van der Waals surface area contributed by atoms with E-state index in [-0.39, 0.29) is 12.1 Å². The molecule has 0 aliphatic rings. The summed E-state index contributed by atoms with van der Waals surface area (Å²) in [7, 11) is 0. The van der Waals surface area contributed by atoms with Gasteiger partial charge < -0.3 is 10.4 Å². The minimum Gasteiger partial charge on any atom is -0.481 e. The topological polar surface area (TPSA) is 62.2 Å². The monoisotopic (exact) mass is 406 g/mol. The van der Waals surface area contributed by atoms with Gasteiger partial charge in [0.05, 0.1) is 17.7 Å². The van der Waals surface area contributed by atoms with Crippen molar-refractivity contribution in [3.05, 3.63) is 64.0 Å². The Kier molecular flexibility index (Phi) is 5.42. The van der Waals surface area contributed by atoms with Crippen molar-refractivity contribution >= 4 is 28.1 Å². The minimum absolute atomic E-state index is 0.218. The molecule has 0 unspecified atom stereocenters. The summed E-state index contributed by atoms with van der Waals surface area (Å²) in [4.78, 5) is 16.3. The summed E-state index contributed by atoms with van der Waals surface area (Å²) in [6.45, 7) is 3.83. The van der Waals surface area contributed by atoms with Gasteiger partial charge in [-0.05, 0) is 43.7 Å². The van der Waals surface area contributed by atoms with Gasteiger partial charge in [0, 0.05) is 16.1 Å². The number of carboxylic acids is 1. The molecule has 3 aromatic rings. The summed E-state index contributed by atoms with van der Waals surface area (Å²) in [5.74, 6) is -0.999. The summed E-state index contributed by atoms with van der Waals surface area (Å²) < 4.78 is 38.7. The molecule has 1 aromatic heterocycles. The van der Waals surface area contributed by atoms with E-state index in [2.05, 4.69) is 10.3 Å². The predicted octanol–water partition coefficient (Wildman–Crippen LogP) is 5.82. The van der Waals surface area contributed by atoms with E-state index < -0.39 is 17.7 Å². The van der Waals surface area contributed by atoms with Crippen LogP contribution in [0.1, 0.15) is 21.6 Å². The van der Waals surface area contributed by atoms with Gasteiger partial charge in [0.25, 0.3) is 0 Å². The number of hydrogen-bond donors (Lipinski definition) is 2. The average molecular weight is 406 g/mol. The number of benzene rings is 2. The Bertz CT molecular complexity index is 1030. The Balaban J connectivity index is 2.01. The summed E-state index contributed by atoms with van der Waals surface area (Å²) in [6, 6.07) is 10.6. The number of halogens is 3. The summed E-state index contributed by atoms with van der Waals surface area (Å²) in [6.07, 6.45) is -4.66. The number of rotatable bonds is 5. The lowest BCUT2D eigenvalue weighted by molar-refractivity contribution is -0.138. The molecule has 0 bridgehead atoms. The standard InChI is InChI=1S/C20H17F3N2O2S/c1-11-6-7-12(2)15(8-11)18-16(10-17(26)27)28-19(25-18)24-14-5-3-4-13(9-14)20(21,22)23/h3-9H,10H2,1-2H3,(H,24,25)(H,26,27). The molecule has 0 saturated heterocycles. The van der Waals surface area contributed by atoms with E-state index >= 15 is 0 Å². The molecule has 8 heteroatoms. The van der Waals surface area contributed by atoms with Crippen LogP contribution in [-0.4, -0.2) is 16.1 Å². The number of alkyl halides is 3. The zero-order chi connectivity index (χ0) is 20.5. The Morgan fingerprint density at radius 1 is 1.18 bits per heavy atom. The first-order chi connectivity index (χ1) is 13.1. The second kappa shape index (κ2) is 7.63. The third kappa shape index (κ3) is 4.51. The maximum Gasteiger partial charge on any atom is 0.416 e. The fraction of sp³-hybridized carbons (Fsp3) is 0.200. The highest BCUT2D eigenvalue weighted by atomic mass is 32.1. The Morgan fingerprint density at radius 2 is 1.93 bits per heavy atom. The third-order valence-electron chi connectivity index (χ3n) is 4.10. The van der Waals surface area contributed by atoms with Gasteiger partial charge in [0.1, 0.15) is 0 Å². The molecule has 3 rings (SSSR count). The number of aliphatic carboxylic acids is 1. The summed E-state index contributed by atoms with van der Waals surface area (Å²) in [5, 5.41) is 12.4. The second-order valence-corrected chi connectivity index (χ2v) is 7.47. The van der Waals surface area contributed by atoms with Crippen molar-refractivity contribution in [2.75, 3.05) is 5.32 Å². The molecule has 0 aliphatic carbocycles. The van der Waals surface area contributed by atoms with E-state index in [0.29, 0.717) is 15.7 Å². The van der Waals surface area contributed by atoms with Crippen molar-refractivity contribution in [3.8, 4) is 11.3 Å². The van der Waals surface area contributed by atoms with Gasteiger partial charge in [0.2, 0.25) is 0 Å². The van der Waals surface area contributed by atoms with E-state index in [4.69, 9.17) is 0 Å². The van der Waals surface area contributed by atoms with Crippen LogP contribution in [0.2, 0.25) is 0 Å². The van der Waals surface area contributed by atoms with Gasteiger partial charge >= 0.3 is 12.1 Å². The Labute approximate surface area is 163 Å². The lowest BCUT2D eigenvalue weighted by Crippen LogP contribution is -2.05. The molecule has 0 fully saturated rings. The molecule has 0 radical (unpaired) electrons. The van der Waals surface area contributed by atoms with Gasteiger partial charge in [-0.25, -0.2) is 4.98 Å². The van der Waals surface area contributed by atoms with Crippen LogP contribution < -0.4 is 5.32 Å². The van der Waals surface area contributed by atoms with Crippen LogP contribution in [-0.2, 0) is 17.4 Å². The van der Waals surface area contributed by atoms with Gasteiger partial charge in [-0.1, -0.05) is 23.8 Å². The number of aryl methyl sites for hydroxylation is 2. The van der Waals surface area contributed by atoms with Crippen molar-refractivity contribution < 1.29 is 23.1 Å². The first-order valence-electron chi connectivity index (χ1n) is 8.37. The molecule has 0 atom stereocenters. The minimum atomic E-state index is -4.45. The molecule has 2 aromatic carbocycles. The van der Waals surface area contributed by atoms with E-state index in [1.165, 1.54) is 12.1 Å². The zero-order valence-electron chi connectivity index (χ0n) is 15.1. The van der Waals surface area contributed by atoms with Crippen molar-refractivity contribution in [2.45, 2.75) is 26.4 Å². The molecule has 146 valence electrons. The highest BCUT2D eigenvalue weighted by Gasteiger charge is 2.30. The van der Waals surface area contributed by atoms with Gasteiger partial charge in [-0.15, -0.1) is 11.3 Å². The van der Waals surface area contributed by atoms with Crippen molar-refractivity contribution in [3.63, 3.8) is 0 Å². The number of nitrogens with zero attached hydrogens (tertiary/aromatic N) is 1. The van der Waals surface area contributed by atoms with E-state index in [1.807, 2.05) is 32.0 Å². The summed E-state index contributed by atoms with van der Waals surface area (Å²) >= 11 is 1.12. The van der Waals surface area contributed by atoms with Crippen molar-refractivity contribution in [1.29, 1.82) is 0 Å². The Hall–Kier alpha value is -2.87. The maximum absolute atomic E-state index is 12.9. The van der Waals surface area contributed by atoms with Crippen LogP contribution in [0.3, 0.4) is 0 Å². The SMILES string of the molecule is Cc1ccc(C)c(-c2nc(Nc3cccc(C(F)(F)F)c3)sc2CC(=O)O)c1. The van der Waals surface area contributed by atoms with Crippen LogP contribution >= 0.6 is 11.3 Å².